The number of aryl methyl sites for hydroxylation is 1. The van der Waals surface area contributed by atoms with Crippen molar-refractivity contribution in [2.24, 2.45) is 7.05 Å². The Labute approximate surface area is 138 Å². The van der Waals surface area contributed by atoms with Crippen molar-refractivity contribution in [3.63, 3.8) is 0 Å². The Kier molecular flexibility index (Phi) is 3.80. The van der Waals surface area contributed by atoms with Crippen molar-refractivity contribution in [1.29, 1.82) is 0 Å². The molecule has 3 aromatic rings. The number of hydrogen-bond acceptors (Lipinski definition) is 4. The molecule has 7 heteroatoms. The molecule has 1 aromatic carbocycles. The van der Waals surface area contributed by atoms with E-state index >= 15 is 0 Å². The average molecular weight is 321 g/mol. The van der Waals surface area contributed by atoms with Crippen LogP contribution in [0.2, 0.25) is 0 Å². The molecule has 3 rings (SSSR count). The number of nitrogen functional groups attached to an aromatic ring is 1. The summed E-state index contributed by atoms with van der Waals surface area (Å²) in [5.74, 6) is 6.42. The van der Waals surface area contributed by atoms with Gasteiger partial charge in [0.25, 0.3) is 0 Å². The molecule has 0 aliphatic carbocycles. The lowest BCUT2D eigenvalue weighted by Gasteiger charge is -2.14. The first-order valence-corrected chi connectivity index (χ1v) is 7.13. The Hall–Kier alpha value is -3.53. The molecule has 2 heterocycles. The highest BCUT2D eigenvalue weighted by molar-refractivity contribution is 5.99. The van der Waals surface area contributed by atoms with Crippen LogP contribution in [0.3, 0.4) is 0 Å². The Morgan fingerprint density at radius 3 is 2.67 bits per heavy atom. The van der Waals surface area contributed by atoms with Gasteiger partial charge in [0.1, 0.15) is 11.3 Å². The molecule has 7 nitrogen and oxygen atoms in total. The Morgan fingerprint density at radius 1 is 1.29 bits per heavy atom. The molecule has 0 radical (unpaired) electrons. The number of pyridine rings is 1. The number of benzene rings is 1. The maximum atomic E-state index is 11.2. The van der Waals surface area contributed by atoms with Crippen molar-refractivity contribution in [1.82, 2.24) is 14.5 Å². The first-order valence-electron chi connectivity index (χ1n) is 7.13. The monoisotopic (exact) mass is 321 g/mol. The normalized spacial score (nSPS) is 10.2. The summed E-state index contributed by atoms with van der Waals surface area (Å²) in [7, 11) is 3.20. The summed E-state index contributed by atoms with van der Waals surface area (Å²) in [5.41, 5.74) is 8.50. The molecule has 0 aliphatic rings. The molecule has 0 spiro atoms. The smallest absolute Gasteiger partial charge is 0.412 e. The lowest BCUT2D eigenvalue weighted by molar-refractivity contribution is 0.203. The summed E-state index contributed by atoms with van der Waals surface area (Å²) in [4.78, 5) is 20.7. The quantitative estimate of drug-likeness (QED) is 0.669. The largest absolute Gasteiger partial charge is 0.465 e. The lowest BCUT2D eigenvalue weighted by atomic mass is 10.1. The minimum absolute atomic E-state index is 0.164. The van der Waals surface area contributed by atoms with E-state index in [2.05, 4.69) is 21.8 Å². The summed E-state index contributed by atoms with van der Waals surface area (Å²) in [6, 6.07) is 9.50. The topological polar surface area (TPSA) is 97.3 Å². The number of nitrogens with two attached hydrogens (primary N) is 1. The molecule has 2 aromatic heterocycles. The SMILES string of the molecule is CN(C(=O)O)c1nc(N)c(C#Cc2ccccc2)c2c1ncn2C. The van der Waals surface area contributed by atoms with E-state index in [0.717, 1.165) is 10.5 Å². The summed E-state index contributed by atoms with van der Waals surface area (Å²) in [6.07, 6.45) is 0.440. The maximum Gasteiger partial charge on any atom is 0.412 e. The van der Waals surface area contributed by atoms with Crippen molar-refractivity contribution >= 4 is 28.8 Å². The third-order valence-electron chi connectivity index (χ3n) is 3.58. The molecule has 0 atom stereocenters. The van der Waals surface area contributed by atoms with Gasteiger partial charge in [-0.3, -0.25) is 4.90 Å². The first-order chi connectivity index (χ1) is 11.5. The van der Waals surface area contributed by atoms with Crippen molar-refractivity contribution in [3.05, 3.63) is 47.8 Å². The third-order valence-corrected chi connectivity index (χ3v) is 3.58. The zero-order valence-electron chi connectivity index (χ0n) is 13.2. The van der Waals surface area contributed by atoms with Gasteiger partial charge >= 0.3 is 6.09 Å². The molecule has 0 fully saturated rings. The number of carbonyl (C=O) groups is 1. The lowest BCUT2D eigenvalue weighted by Crippen LogP contribution is -2.25. The fraction of sp³-hybridized carbons (Fsp3) is 0.118. The second kappa shape index (κ2) is 5.93. The van der Waals surface area contributed by atoms with Gasteiger partial charge in [-0.15, -0.1) is 0 Å². The van der Waals surface area contributed by atoms with Crippen LogP contribution in [-0.2, 0) is 7.05 Å². The zero-order valence-corrected chi connectivity index (χ0v) is 13.2. The van der Waals surface area contributed by atoms with E-state index in [9.17, 15) is 9.90 Å². The molecular formula is C17H15N5O2. The van der Waals surface area contributed by atoms with Crippen LogP contribution in [0.1, 0.15) is 11.1 Å². The number of amides is 1. The average Bonchev–Trinajstić information content (AvgIpc) is 2.95. The molecule has 3 N–H and O–H groups in total. The van der Waals surface area contributed by atoms with E-state index in [1.165, 1.54) is 7.05 Å². The van der Waals surface area contributed by atoms with Gasteiger partial charge in [-0.25, -0.2) is 14.8 Å². The highest BCUT2D eigenvalue weighted by Crippen LogP contribution is 2.28. The number of anilines is 2. The molecule has 24 heavy (non-hydrogen) atoms. The molecule has 120 valence electrons. The minimum Gasteiger partial charge on any atom is -0.465 e. The number of carboxylic acid groups (broad SMARTS) is 1. The number of aromatic nitrogens is 3. The molecule has 0 saturated heterocycles. The number of fused-ring (bicyclic) bond motifs is 1. The molecule has 1 amide bonds. The van der Waals surface area contributed by atoms with E-state index < -0.39 is 6.09 Å². The van der Waals surface area contributed by atoms with Crippen LogP contribution in [0.5, 0.6) is 0 Å². The maximum absolute atomic E-state index is 11.2. The van der Waals surface area contributed by atoms with Crippen molar-refractivity contribution in [3.8, 4) is 11.8 Å². The highest BCUT2D eigenvalue weighted by Gasteiger charge is 2.20. The predicted molar refractivity (Wildman–Crippen MR) is 91.8 cm³/mol. The molecule has 0 bridgehead atoms. The summed E-state index contributed by atoms with van der Waals surface area (Å²) in [5, 5.41) is 9.20. The third kappa shape index (κ3) is 2.61. The standard InChI is InChI=1S/C17H15N5O2/c1-21-10-19-13-14(21)12(9-8-11-6-4-3-5-7-11)15(18)20-16(13)22(2)17(23)24/h3-7,10H,1-2H3,(H2,18,20)(H,23,24). The van der Waals surface area contributed by atoms with Crippen molar-refractivity contribution < 1.29 is 9.90 Å². The minimum atomic E-state index is -1.14. The van der Waals surface area contributed by atoms with E-state index in [1.807, 2.05) is 30.3 Å². The Morgan fingerprint density at radius 2 is 2.00 bits per heavy atom. The fourth-order valence-corrected chi connectivity index (χ4v) is 2.34. The van der Waals surface area contributed by atoms with Crippen LogP contribution in [0.25, 0.3) is 11.0 Å². The van der Waals surface area contributed by atoms with Crippen LogP contribution < -0.4 is 10.6 Å². The second-order valence-electron chi connectivity index (χ2n) is 5.21. The zero-order chi connectivity index (χ0) is 17.3. The summed E-state index contributed by atoms with van der Waals surface area (Å²) >= 11 is 0. The first kappa shape index (κ1) is 15.4. The number of rotatable bonds is 1. The van der Waals surface area contributed by atoms with Crippen molar-refractivity contribution in [2.75, 3.05) is 17.7 Å². The number of hydrogen-bond donors (Lipinski definition) is 2. The number of imidazole rings is 1. The Balaban J connectivity index is 2.22. The van der Waals surface area contributed by atoms with Gasteiger partial charge in [-0.05, 0) is 12.1 Å². The van der Waals surface area contributed by atoms with Gasteiger partial charge in [0.2, 0.25) is 0 Å². The van der Waals surface area contributed by atoms with Gasteiger partial charge in [0.05, 0.1) is 17.4 Å². The number of nitrogens with zero attached hydrogens (tertiary/aromatic N) is 4. The van der Waals surface area contributed by atoms with E-state index in [0.29, 0.717) is 16.6 Å². The van der Waals surface area contributed by atoms with Crippen LogP contribution in [0, 0.1) is 11.8 Å². The van der Waals surface area contributed by atoms with Crippen LogP contribution >= 0.6 is 0 Å². The highest BCUT2D eigenvalue weighted by atomic mass is 16.4. The fourth-order valence-electron chi connectivity index (χ4n) is 2.34. The predicted octanol–water partition coefficient (Wildman–Crippen LogP) is 2.06. The Bertz CT molecular complexity index is 983. The van der Waals surface area contributed by atoms with Crippen LogP contribution in [0.15, 0.2) is 36.7 Å². The summed E-state index contributed by atoms with van der Waals surface area (Å²) in [6.45, 7) is 0. The van der Waals surface area contributed by atoms with Gasteiger partial charge in [0.15, 0.2) is 5.82 Å². The van der Waals surface area contributed by atoms with Gasteiger partial charge in [-0.1, -0.05) is 30.0 Å². The molecule has 0 saturated carbocycles. The second-order valence-corrected chi connectivity index (χ2v) is 5.21. The summed E-state index contributed by atoms with van der Waals surface area (Å²) < 4.78 is 1.75. The molecule has 0 unspecified atom stereocenters. The van der Waals surface area contributed by atoms with Gasteiger partial charge < -0.3 is 15.4 Å². The van der Waals surface area contributed by atoms with Crippen LogP contribution in [0.4, 0.5) is 16.4 Å². The molecular weight excluding hydrogens is 306 g/mol. The van der Waals surface area contributed by atoms with E-state index in [-0.39, 0.29) is 11.6 Å². The van der Waals surface area contributed by atoms with Crippen molar-refractivity contribution in [2.45, 2.75) is 0 Å². The molecule has 0 aliphatic heterocycles. The van der Waals surface area contributed by atoms with E-state index in [1.54, 1.807) is 17.9 Å². The van der Waals surface area contributed by atoms with E-state index in [4.69, 9.17) is 5.73 Å². The van der Waals surface area contributed by atoms with Gasteiger partial charge in [0, 0.05) is 19.7 Å². The van der Waals surface area contributed by atoms with Crippen LogP contribution in [-0.4, -0.2) is 32.8 Å². The van der Waals surface area contributed by atoms with Gasteiger partial charge in [-0.2, -0.15) is 0 Å².